The van der Waals surface area contributed by atoms with E-state index < -0.39 is 6.09 Å². The van der Waals surface area contributed by atoms with Gasteiger partial charge in [0.2, 0.25) is 5.91 Å². The molecule has 2 aliphatic heterocycles. The molecule has 2 aromatic carbocycles. The van der Waals surface area contributed by atoms with Gasteiger partial charge < -0.3 is 19.4 Å². The number of likely N-dealkylation sites (N-methyl/N-ethyl adjacent to an activating group) is 1. The molecule has 2 saturated heterocycles. The Hall–Kier alpha value is -1.99. The number of halogens is 3. The van der Waals surface area contributed by atoms with Crippen molar-refractivity contribution in [3.05, 3.63) is 63.1 Å². The Bertz CT molecular complexity index is 1130. The Morgan fingerprint density at radius 3 is 2.30 bits per heavy atom. The second-order valence-electron chi connectivity index (χ2n) is 10.5. The zero-order chi connectivity index (χ0) is 26.1. The van der Waals surface area contributed by atoms with Gasteiger partial charge in [-0.2, -0.15) is 0 Å². The first kappa shape index (κ1) is 26.6. The Labute approximate surface area is 233 Å². The molecule has 5 rings (SSSR count). The zero-order valence-electron chi connectivity index (χ0n) is 20.9. The zero-order valence-corrected chi connectivity index (χ0v) is 23.2. The van der Waals surface area contributed by atoms with Crippen molar-refractivity contribution in [3.8, 4) is 5.75 Å². The maximum Gasteiger partial charge on any atom is 0.415 e. The Morgan fingerprint density at radius 2 is 1.65 bits per heavy atom. The van der Waals surface area contributed by atoms with Crippen molar-refractivity contribution < 1.29 is 14.3 Å². The molecule has 2 atom stereocenters. The van der Waals surface area contributed by atoms with E-state index in [0.717, 1.165) is 37.4 Å². The number of rotatable bonds is 6. The van der Waals surface area contributed by atoms with Crippen LogP contribution in [0.15, 0.2) is 42.5 Å². The minimum absolute atomic E-state index is 0.0231. The van der Waals surface area contributed by atoms with Crippen LogP contribution in [0.3, 0.4) is 0 Å². The molecule has 2 aromatic rings. The van der Waals surface area contributed by atoms with E-state index in [-0.39, 0.29) is 23.8 Å². The van der Waals surface area contributed by atoms with Crippen LogP contribution in [0.1, 0.15) is 37.2 Å². The van der Waals surface area contributed by atoms with Gasteiger partial charge in [-0.15, -0.1) is 0 Å². The Balaban J connectivity index is 1.30. The van der Waals surface area contributed by atoms with Crippen molar-refractivity contribution in [2.45, 2.75) is 37.6 Å². The fourth-order valence-corrected chi connectivity index (χ4v) is 5.96. The predicted molar refractivity (Wildman–Crippen MR) is 147 cm³/mol. The summed E-state index contributed by atoms with van der Waals surface area (Å²) in [6.45, 7) is 4.09. The highest BCUT2D eigenvalue weighted by molar-refractivity contribution is 6.42. The summed E-state index contributed by atoms with van der Waals surface area (Å²) in [5.41, 5.74) is 0.945. The first-order valence-corrected chi connectivity index (χ1v) is 14.1. The molecule has 0 radical (unpaired) electrons. The van der Waals surface area contributed by atoms with Crippen LogP contribution in [0.25, 0.3) is 0 Å². The number of nitrogens with zero attached hydrogens (tertiary/aromatic N) is 3. The summed E-state index contributed by atoms with van der Waals surface area (Å²) in [6, 6.07) is 11.9. The molecule has 3 aliphatic rings. The Morgan fingerprint density at radius 1 is 0.946 bits per heavy atom. The highest BCUT2D eigenvalue weighted by Crippen LogP contribution is 2.36. The van der Waals surface area contributed by atoms with Gasteiger partial charge in [-0.1, -0.05) is 40.9 Å². The molecule has 2 amide bonds. The van der Waals surface area contributed by atoms with Crippen LogP contribution in [0.4, 0.5) is 4.79 Å². The van der Waals surface area contributed by atoms with E-state index in [9.17, 15) is 9.59 Å². The van der Waals surface area contributed by atoms with Gasteiger partial charge in [0.1, 0.15) is 5.75 Å². The van der Waals surface area contributed by atoms with E-state index in [4.69, 9.17) is 39.5 Å². The van der Waals surface area contributed by atoms with Crippen molar-refractivity contribution in [2.75, 3.05) is 39.8 Å². The number of hydrogen-bond donors (Lipinski definition) is 0. The van der Waals surface area contributed by atoms with Gasteiger partial charge in [-0.05, 0) is 86.7 Å². The first-order valence-electron chi connectivity index (χ1n) is 12.9. The smallest absolute Gasteiger partial charge is 0.410 e. The van der Waals surface area contributed by atoms with Crippen molar-refractivity contribution >= 4 is 46.8 Å². The third-order valence-corrected chi connectivity index (χ3v) is 8.92. The van der Waals surface area contributed by atoms with Crippen molar-refractivity contribution in [1.29, 1.82) is 0 Å². The predicted octanol–water partition coefficient (Wildman–Crippen LogP) is 6.19. The van der Waals surface area contributed by atoms with Crippen LogP contribution >= 0.6 is 34.8 Å². The SMILES string of the molecule is CN(C(=O)Oc1ccc(Cl)cc1)[C@H]1CN(C(=O)C2CCN(CC3CC3)CC2)C[C@@H]1c1ccc(Cl)c(Cl)c1. The summed E-state index contributed by atoms with van der Waals surface area (Å²) in [6.07, 6.45) is 3.98. The fraction of sp³-hybridized carbons (Fsp3) is 0.500. The minimum atomic E-state index is -0.486. The number of piperidine rings is 1. The van der Waals surface area contributed by atoms with Crippen LogP contribution < -0.4 is 4.74 Å². The molecule has 3 fully saturated rings. The van der Waals surface area contributed by atoms with Crippen molar-refractivity contribution in [2.24, 2.45) is 11.8 Å². The van der Waals surface area contributed by atoms with Gasteiger partial charge in [-0.25, -0.2) is 4.79 Å². The number of carbonyl (C=O) groups is 2. The quantitative estimate of drug-likeness (QED) is 0.420. The van der Waals surface area contributed by atoms with Crippen LogP contribution in [0.5, 0.6) is 5.75 Å². The molecule has 6 nitrogen and oxygen atoms in total. The summed E-state index contributed by atoms with van der Waals surface area (Å²) in [5, 5.41) is 1.50. The molecule has 198 valence electrons. The molecule has 0 N–H and O–H groups in total. The molecule has 37 heavy (non-hydrogen) atoms. The number of hydrogen-bond acceptors (Lipinski definition) is 4. The van der Waals surface area contributed by atoms with Gasteiger partial charge >= 0.3 is 6.09 Å². The van der Waals surface area contributed by atoms with E-state index >= 15 is 0 Å². The van der Waals surface area contributed by atoms with E-state index in [1.54, 1.807) is 42.3 Å². The van der Waals surface area contributed by atoms with Crippen LogP contribution in [-0.2, 0) is 4.79 Å². The normalized spacial score (nSPS) is 22.8. The molecule has 1 aliphatic carbocycles. The van der Waals surface area contributed by atoms with Crippen molar-refractivity contribution in [1.82, 2.24) is 14.7 Å². The molecule has 1 saturated carbocycles. The maximum atomic E-state index is 13.6. The van der Waals surface area contributed by atoms with Gasteiger partial charge in [0, 0.05) is 43.5 Å². The molecular formula is C28H32Cl3N3O3. The monoisotopic (exact) mass is 563 g/mol. The fourth-order valence-electron chi connectivity index (χ4n) is 5.53. The van der Waals surface area contributed by atoms with Crippen LogP contribution in [0.2, 0.25) is 15.1 Å². The Kier molecular flexibility index (Phi) is 8.20. The lowest BCUT2D eigenvalue weighted by Crippen LogP contribution is -2.45. The third kappa shape index (κ3) is 6.36. The number of amides is 2. The second-order valence-corrected chi connectivity index (χ2v) is 11.8. The maximum absolute atomic E-state index is 13.6. The second kappa shape index (κ2) is 11.4. The minimum Gasteiger partial charge on any atom is -0.410 e. The van der Waals surface area contributed by atoms with Gasteiger partial charge in [-0.3, -0.25) is 4.79 Å². The molecule has 0 bridgehead atoms. The van der Waals surface area contributed by atoms with E-state index in [0.29, 0.717) is 33.9 Å². The number of benzene rings is 2. The molecule has 0 spiro atoms. The van der Waals surface area contributed by atoms with Crippen molar-refractivity contribution in [3.63, 3.8) is 0 Å². The highest BCUT2D eigenvalue weighted by atomic mass is 35.5. The summed E-state index contributed by atoms with van der Waals surface area (Å²) in [4.78, 5) is 32.7. The van der Waals surface area contributed by atoms with E-state index in [2.05, 4.69) is 4.90 Å². The van der Waals surface area contributed by atoms with E-state index in [1.165, 1.54) is 19.4 Å². The van der Waals surface area contributed by atoms with Gasteiger partial charge in [0.05, 0.1) is 16.1 Å². The molecule has 9 heteroatoms. The number of ether oxygens (including phenoxy) is 1. The molecular weight excluding hydrogens is 533 g/mol. The summed E-state index contributed by atoms with van der Waals surface area (Å²) in [5.74, 6) is 1.36. The largest absolute Gasteiger partial charge is 0.415 e. The third-order valence-electron chi connectivity index (χ3n) is 7.93. The molecule has 0 aromatic heterocycles. The summed E-state index contributed by atoms with van der Waals surface area (Å²) >= 11 is 18.5. The standard InChI is InChI=1S/C28H32Cl3N3O3/c1-32(28(36)37-22-7-5-21(29)6-8-22)26-17-34(16-23(26)20-4-9-24(30)25(31)14-20)27(35)19-10-12-33(13-11-19)15-18-2-3-18/h4-9,14,18-19,23,26H,2-3,10-13,15-17H2,1H3/t23-,26+/m1/s1. The molecule has 0 unspecified atom stereocenters. The van der Waals surface area contributed by atoms with Crippen LogP contribution in [0, 0.1) is 11.8 Å². The lowest BCUT2D eigenvalue weighted by Gasteiger charge is -2.33. The molecule has 2 heterocycles. The van der Waals surface area contributed by atoms with Gasteiger partial charge in [0.15, 0.2) is 0 Å². The average molecular weight is 565 g/mol. The number of carbonyl (C=O) groups excluding carboxylic acids is 2. The number of likely N-dealkylation sites (tertiary alicyclic amines) is 2. The lowest BCUT2D eigenvalue weighted by atomic mass is 9.93. The highest BCUT2D eigenvalue weighted by Gasteiger charge is 2.42. The first-order chi connectivity index (χ1) is 17.8. The van der Waals surface area contributed by atoms with Gasteiger partial charge in [0.25, 0.3) is 0 Å². The topological polar surface area (TPSA) is 53.1 Å². The summed E-state index contributed by atoms with van der Waals surface area (Å²) in [7, 11) is 1.72. The van der Waals surface area contributed by atoms with Crippen LogP contribution in [-0.4, -0.2) is 72.5 Å². The summed E-state index contributed by atoms with van der Waals surface area (Å²) < 4.78 is 5.60. The average Bonchev–Trinajstić information content (AvgIpc) is 3.60. The lowest BCUT2D eigenvalue weighted by molar-refractivity contribution is -0.136. The van der Waals surface area contributed by atoms with E-state index in [1.807, 2.05) is 17.0 Å².